The van der Waals surface area contributed by atoms with E-state index < -0.39 is 0 Å². The molecule has 0 N–H and O–H groups in total. The molecule has 2 heterocycles. The summed E-state index contributed by atoms with van der Waals surface area (Å²) in [5.74, 6) is 0.824. The number of rotatable bonds is 8. The van der Waals surface area contributed by atoms with Gasteiger partial charge in [-0.25, -0.2) is 4.98 Å². The van der Waals surface area contributed by atoms with Crippen LogP contribution < -0.4 is 9.80 Å². The zero-order valence-corrected chi connectivity index (χ0v) is 22.6. The average molecular weight is 553 g/mol. The second kappa shape index (κ2) is 11.9. The van der Waals surface area contributed by atoms with Gasteiger partial charge in [-0.15, -0.1) is 0 Å². The van der Waals surface area contributed by atoms with Gasteiger partial charge in [0.15, 0.2) is 0 Å². The van der Waals surface area contributed by atoms with Crippen LogP contribution in [0.15, 0.2) is 78.9 Å². The van der Waals surface area contributed by atoms with Gasteiger partial charge in [0.25, 0.3) is 0 Å². The molecule has 4 aromatic rings. The molecule has 9 heteroatoms. The molecular weight excluding hydrogens is 525 g/mol. The lowest BCUT2D eigenvalue weighted by molar-refractivity contribution is -0.130. The number of aromatic nitrogens is 2. The Morgan fingerprint density at radius 1 is 0.865 bits per heavy atom. The van der Waals surface area contributed by atoms with Crippen molar-refractivity contribution in [3.05, 3.63) is 106 Å². The van der Waals surface area contributed by atoms with Gasteiger partial charge >= 0.3 is 0 Å². The van der Waals surface area contributed by atoms with Gasteiger partial charge in [-0.2, -0.15) is 4.37 Å². The van der Waals surface area contributed by atoms with Gasteiger partial charge in [0.2, 0.25) is 11.0 Å². The third-order valence-corrected chi connectivity index (χ3v) is 7.76. The molecule has 1 aliphatic rings. The maximum absolute atomic E-state index is 13.4. The quantitative estimate of drug-likeness (QED) is 0.277. The second-order valence-electron chi connectivity index (χ2n) is 8.96. The monoisotopic (exact) mass is 551 g/mol. The molecule has 1 aromatic heterocycles. The van der Waals surface area contributed by atoms with Crippen LogP contribution >= 0.6 is 34.7 Å². The Bertz CT molecular complexity index is 1320. The minimum Gasteiger partial charge on any atom is -0.367 e. The van der Waals surface area contributed by atoms with Crippen molar-refractivity contribution in [2.45, 2.75) is 13.0 Å². The van der Waals surface area contributed by atoms with Crippen LogP contribution in [0.5, 0.6) is 0 Å². The molecule has 1 fully saturated rings. The van der Waals surface area contributed by atoms with E-state index in [4.69, 9.17) is 28.2 Å². The highest BCUT2D eigenvalue weighted by Crippen LogP contribution is 2.26. The highest BCUT2D eigenvalue weighted by molar-refractivity contribution is 7.09. The van der Waals surface area contributed by atoms with E-state index in [1.165, 1.54) is 11.5 Å². The fourth-order valence-electron chi connectivity index (χ4n) is 4.39. The van der Waals surface area contributed by atoms with Gasteiger partial charge < -0.3 is 14.7 Å². The molecule has 1 amide bonds. The molecule has 3 aromatic carbocycles. The van der Waals surface area contributed by atoms with Crippen LogP contribution in [0.1, 0.15) is 17.0 Å². The van der Waals surface area contributed by atoms with E-state index in [2.05, 4.69) is 21.4 Å². The topological polar surface area (TPSA) is 52.6 Å². The molecule has 5 rings (SSSR count). The normalized spacial score (nSPS) is 13.6. The van der Waals surface area contributed by atoms with Gasteiger partial charge in [0.05, 0.1) is 17.3 Å². The Hall–Kier alpha value is -3.13. The van der Waals surface area contributed by atoms with Gasteiger partial charge in [0.1, 0.15) is 5.82 Å². The molecule has 1 aliphatic heterocycles. The smallest absolute Gasteiger partial charge is 0.242 e. The number of benzene rings is 3. The van der Waals surface area contributed by atoms with Crippen LogP contribution in [0.3, 0.4) is 0 Å². The van der Waals surface area contributed by atoms with Crippen LogP contribution in [0.25, 0.3) is 0 Å². The number of para-hydroxylation sites is 1. The Morgan fingerprint density at radius 2 is 1.57 bits per heavy atom. The summed E-state index contributed by atoms with van der Waals surface area (Å²) in [7, 11) is 0. The molecule has 0 unspecified atom stereocenters. The Morgan fingerprint density at radius 3 is 2.30 bits per heavy atom. The van der Waals surface area contributed by atoms with Crippen LogP contribution in [0.2, 0.25) is 10.0 Å². The van der Waals surface area contributed by atoms with Crippen molar-refractivity contribution in [2.75, 3.05) is 42.5 Å². The number of hydrogen-bond donors (Lipinski definition) is 0. The number of piperazine rings is 1. The third-order valence-electron chi connectivity index (χ3n) is 6.37. The van der Waals surface area contributed by atoms with Gasteiger partial charge in [0, 0.05) is 55.7 Å². The highest BCUT2D eigenvalue weighted by Gasteiger charge is 2.25. The number of halogens is 2. The third kappa shape index (κ3) is 6.60. The Kier molecular flexibility index (Phi) is 8.24. The SMILES string of the molecule is O=C(CN(Cc1ccccc1)c1nc(Cc2ccc(Cl)cc2)ns1)N1CCN(c2ccccc2Cl)CC1. The first-order valence-electron chi connectivity index (χ1n) is 12.2. The van der Waals surface area contributed by atoms with Crippen molar-refractivity contribution < 1.29 is 4.79 Å². The molecule has 6 nitrogen and oxygen atoms in total. The summed E-state index contributed by atoms with van der Waals surface area (Å²) < 4.78 is 4.58. The van der Waals surface area contributed by atoms with E-state index in [-0.39, 0.29) is 12.5 Å². The van der Waals surface area contributed by atoms with Gasteiger partial charge in [-0.3, -0.25) is 4.79 Å². The summed E-state index contributed by atoms with van der Waals surface area (Å²) >= 11 is 13.7. The number of carbonyl (C=O) groups is 1. The summed E-state index contributed by atoms with van der Waals surface area (Å²) in [6.45, 7) is 3.64. The summed E-state index contributed by atoms with van der Waals surface area (Å²) in [6, 6.07) is 25.7. The number of nitrogens with zero attached hydrogens (tertiary/aromatic N) is 5. The van der Waals surface area contributed by atoms with Crippen LogP contribution in [0, 0.1) is 0 Å². The maximum atomic E-state index is 13.4. The minimum atomic E-state index is 0.0872. The highest BCUT2D eigenvalue weighted by atomic mass is 35.5. The number of anilines is 2. The number of carbonyl (C=O) groups excluding carboxylic acids is 1. The Balaban J connectivity index is 1.27. The van der Waals surface area contributed by atoms with Crippen molar-refractivity contribution in [3.63, 3.8) is 0 Å². The van der Waals surface area contributed by atoms with Crippen molar-refractivity contribution in [1.29, 1.82) is 0 Å². The lowest BCUT2D eigenvalue weighted by Crippen LogP contribution is -2.51. The first-order chi connectivity index (χ1) is 18.0. The molecule has 37 heavy (non-hydrogen) atoms. The lowest BCUT2D eigenvalue weighted by Gasteiger charge is -2.37. The standard InChI is InChI=1S/C28H27Cl2N5OS/c29-23-12-10-21(11-13-23)18-26-31-28(37-32-26)35(19-22-6-2-1-3-7-22)20-27(36)34-16-14-33(15-17-34)25-9-5-4-8-24(25)30/h1-13H,14-20H2. The van der Waals surface area contributed by atoms with E-state index in [1.807, 2.05) is 76.5 Å². The number of amides is 1. The van der Waals surface area contributed by atoms with E-state index in [9.17, 15) is 4.79 Å². The van der Waals surface area contributed by atoms with E-state index in [0.717, 1.165) is 45.9 Å². The molecule has 1 saturated heterocycles. The van der Waals surface area contributed by atoms with Crippen LogP contribution in [0.4, 0.5) is 10.8 Å². The first kappa shape index (κ1) is 25.5. The molecule has 0 bridgehead atoms. The van der Waals surface area contributed by atoms with Crippen LogP contribution in [-0.4, -0.2) is 52.9 Å². The fraction of sp³-hybridized carbons (Fsp3) is 0.250. The summed E-state index contributed by atoms with van der Waals surface area (Å²) in [4.78, 5) is 24.4. The lowest BCUT2D eigenvalue weighted by atomic mass is 10.1. The zero-order valence-electron chi connectivity index (χ0n) is 20.3. The molecule has 0 aliphatic carbocycles. The molecular formula is C28H27Cl2N5OS. The summed E-state index contributed by atoms with van der Waals surface area (Å²) in [5.41, 5.74) is 3.23. The molecule has 190 valence electrons. The molecule has 0 spiro atoms. The fourth-order valence-corrected chi connectivity index (χ4v) is 5.46. The maximum Gasteiger partial charge on any atom is 0.242 e. The predicted molar refractivity (Wildman–Crippen MR) is 152 cm³/mol. The zero-order chi connectivity index (χ0) is 25.6. The van der Waals surface area contributed by atoms with Gasteiger partial charge in [-0.05, 0) is 35.4 Å². The summed E-state index contributed by atoms with van der Waals surface area (Å²) in [5, 5.41) is 2.19. The van der Waals surface area contributed by atoms with E-state index >= 15 is 0 Å². The first-order valence-corrected chi connectivity index (χ1v) is 13.7. The van der Waals surface area contributed by atoms with Crippen molar-refractivity contribution in [2.24, 2.45) is 0 Å². The largest absolute Gasteiger partial charge is 0.367 e. The minimum absolute atomic E-state index is 0.0872. The molecule has 0 saturated carbocycles. The van der Waals surface area contributed by atoms with Gasteiger partial charge in [-0.1, -0.05) is 77.8 Å². The van der Waals surface area contributed by atoms with E-state index in [0.29, 0.717) is 31.1 Å². The van der Waals surface area contributed by atoms with Crippen molar-refractivity contribution in [1.82, 2.24) is 14.3 Å². The van der Waals surface area contributed by atoms with Crippen molar-refractivity contribution in [3.8, 4) is 0 Å². The predicted octanol–water partition coefficient (Wildman–Crippen LogP) is 5.79. The average Bonchev–Trinajstić information content (AvgIpc) is 3.39. The number of hydrogen-bond acceptors (Lipinski definition) is 6. The summed E-state index contributed by atoms with van der Waals surface area (Å²) in [6.07, 6.45) is 0.616. The molecule has 0 radical (unpaired) electrons. The second-order valence-corrected chi connectivity index (χ2v) is 10.5. The Labute approximate surface area is 231 Å². The molecule has 0 atom stereocenters. The van der Waals surface area contributed by atoms with Crippen molar-refractivity contribution >= 4 is 51.5 Å². The van der Waals surface area contributed by atoms with Crippen LogP contribution in [-0.2, 0) is 17.8 Å². The van der Waals surface area contributed by atoms with E-state index in [1.54, 1.807) is 0 Å².